The normalized spacial score (nSPS) is 11.2. The molecule has 0 unspecified atom stereocenters. The lowest BCUT2D eigenvalue weighted by atomic mass is 10.1. The summed E-state index contributed by atoms with van der Waals surface area (Å²) in [6, 6.07) is 6.85. The Hall–Kier alpha value is -2.51. The molecule has 0 aliphatic carbocycles. The SMILES string of the molecule is COc1cccc(CCNc2ccnc(C(F)(F)F)n2)c1OC. The topological polar surface area (TPSA) is 56.3 Å². The van der Waals surface area contributed by atoms with Crippen molar-refractivity contribution in [2.45, 2.75) is 12.6 Å². The summed E-state index contributed by atoms with van der Waals surface area (Å²) < 4.78 is 48.2. The fourth-order valence-electron chi connectivity index (χ4n) is 2.07. The van der Waals surface area contributed by atoms with Crippen molar-refractivity contribution in [1.82, 2.24) is 9.97 Å². The van der Waals surface area contributed by atoms with Crippen molar-refractivity contribution in [3.8, 4) is 11.5 Å². The predicted molar refractivity (Wildman–Crippen MR) is 78.8 cm³/mol. The number of aromatic nitrogens is 2. The minimum Gasteiger partial charge on any atom is -0.493 e. The van der Waals surface area contributed by atoms with E-state index in [9.17, 15) is 13.2 Å². The quantitative estimate of drug-likeness (QED) is 0.883. The molecule has 23 heavy (non-hydrogen) atoms. The maximum atomic E-state index is 12.6. The third-order valence-electron chi connectivity index (χ3n) is 3.09. The average molecular weight is 327 g/mol. The van der Waals surface area contributed by atoms with Crippen molar-refractivity contribution in [3.63, 3.8) is 0 Å². The molecule has 0 spiro atoms. The van der Waals surface area contributed by atoms with Gasteiger partial charge in [0.05, 0.1) is 14.2 Å². The van der Waals surface area contributed by atoms with Gasteiger partial charge in [-0.1, -0.05) is 12.1 Å². The Bertz CT molecular complexity index is 663. The van der Waals surface area contributed by atoms with Crippen molar-refractivity contribution < 1.29 is 22.6 Å². The minimum atomic E-state index is -4.56. The van der Waals surface area contributed by atoms with Crippen LogP contribution in [0, 0.1) is 0 Å². The smallest absolute Gasteiger partial charge is 0.451 e. The van der Waals surface area contributed by atoms with E-state index in [1.54, 1.807) is 13.2 Å². The second-order valence-corrected chi connectivity index (χ2v) is 4.59. The first-order valence-electron chi connectivity index (χ1n) is 6.79. The van der Waals surface area contributed by atoms with Crippen molar-refractivity contribution in [2.75, 3.05) is 26.1 Å². The second kappa shape index (κ2) is 7.17. The third-order valence-corrected chi connectivity index (χ3v) is 3.09. The van der Waals surface area contributed by atoms with Gasteiger partial charge in [0.15, 0.2) is 11.5 Å². The van der Waals surface area contributed by atoms with E-state index in [4.69, 9.17) is 9.47 Å². The molecule has 8 heteroatoms. The van der Waals surface area contributed by atoms with Crippen LogP contribution in [0.1, 0.15) is 11.4 Å². The highest BCUT2D eigenvalue weighted by Gasteiger charge is 2.34. The second-order valence-electron chi connectivity index (χ2n) is 4.59. The lowest BCUT2D eigenvalue weighted by Gasteiger charge is -2.13. The van der Waals surface area contributed by atoms with Gasteiger partial charge in [0.25, 0.3) is 0 Å². The molecule has 0 aliphatic rings. The van der Waals surface area contributed by atoms with E-state index in [1.165, 1.54) is 13.2 Å². The third kappa shape index (κ3) is 4.24. The van der Waals surface area contributed by atoms with Gasteiger partial charge in [-0.2, -0.15) is 13.2 Å². The number of halogens is 3. The van der Waals surface area contributed by atoms with E-state index >= 15 is 0 Å². The highest BCUT2D eigenvalue weighted by molar-refractivity contribution is 5.47. The molecule has 1 aromatic carbocycles. The number of alkyl halides is 3. The molecule has 0 saturated heterocycles. The highest BCUT2D eigenvalue weighted by atomic mass is 19.4. The summed E-state index contributed by atoms with van der Waals surface area (Å²) in [6.07, 6.45) is -2.95. The largest absolute Gasteiger partial charge is 0.493 e. The summed E-state index contributed by atoms with van der Waals surface area (Å²) in [5, 5.41) is 2.85. The predicted octanol–water partition coefficient (Wildman–Crippen LogP) is 3.17. The molecule has 0 atom stereocenters. The number of hydrogen-bond acceptors (Lipinski definition) is 5. The van der Waals surface area contributed by atoms with E-state index in [-0.39, 0.29) is 5.82 Å². The maximum absolute atomic E-state index is 12.6. The molecule has 0 radical (unpaired) electrons. The average Bonchev–Trinajstić information content (AvgIpc) is 2.54. The van der Waals surface area contributed by atoms with Crippen LogP contribution in [0.3, 0.4) is 0 Å². The van der Waals surface area contributed by atoms with Gasteiger partial charge in [0.2, 0.25) is 5.82 Å². The number of rotatable bonds is 6. The van der Waals surface area contributed by atoms with Crippen LogP contribution in [0.5, 0.6) is 11.5 Å². The molecule has 0 fully saturated rings. The number of para-hydroxylation sites is 1. The summed E-state index contributed by atoms with van der Waals surface area (Å²) in [5.74, 6) is 0.164. The van der Waals surface area contributed by atoms with Crippen LogP contribution in [-0.2, 0) is 12.6 Å². The van der Waals surface area contributed by atoms with Crippen molar-refractivity contribution in [1.29, 1.82) is 0 Å². The summed E-state index contributed by atoms with van der Waals surface area (Å²) in [4.78, 5) is 6.66. The molecular weight excluding hydrogens is 311 g/mol. The Morgan fingerprint density at radius 1 is 1.13 bits per heavy atom. The molecule has 2 aromatic rings. The number of nitrogens with zero attached hydrogens (tertiary/aromatic N) is 2. The van der Waals surface area contributed by atoms with Gasteiger partial charge in [0, 0.05) is 12.7 Å². The van der Waals surface area contributed by atoms with Crippen molar-refractivity contribution in [3.05, 3.63) is 41.9 Å². The number of ether oxygens (including phenoxy) is 2. The van der Waals surface area contributed by atoms with Gasteiger partial charge in [-0.15, -0.1) is 0 Å². The first-order valence-corrected chi connectivity index (χ1v) is 6.79. The monoisotopic (exact) mass is 327 g/mol. The standard InChI is InChI=1S/C15H16F3N3O2/c1-22-11-5-3-4-10(13(11)23-2)6-8-19-12-7-9-20-14(21-12)15(16,17)18/h3-5,7,9H,6,8H2,1-2H3,(H,19,20,21). The first-order chi connectivity index (χ1) is 11.0. The van der Waals surface area contributed by atoms with Crippen LogP contribution in [0.4, 0.5) is 19.0 Å². The lowest BCUT2D eigenvalue weighted by molar-refractivity contribution is -0.144. The van der Waals surface area contributed by atoms with Gasteiger partial charge in [-0.25, -0.2) is 9.97 Å². The Morgan fingerprint density at radius 2 is 1.91 bits per heavy atom. The van der Waals surface area contributed by atoms with Crippen LogP contribution >= 0.6 is 0 Å². The molecule has 2 rings (SSSR count). The number of hydrogen-bond donors (Lipinski definition) is 1. The minimum absolute atomic E-state index is 0.120. The van der Waals surface area contributed by atoms with Crippen LogP contribution in [0.15, 0.2) is 30.5 Å². The van der Waals surface area contributed by atoms with E-state index in [2.05, 4.69) is 15.3 Å². The van der Waals surface area contributed by atoms with Gasteiger partial charge in [-0.3, -0.25) is 0 Å². The molecule has 124 valence electrons. The first kappa shape index (κ1) is 16.9. The Labute approximate surface area is 131 Å². The molecule has 0 amide bonds. The Kier molecular flexibility index (Phi) is 5.25. The molecule has 5 nitrogen and oxygen atoms in total. The zero-order valence-electron chi connectivity index (χ0n) is 12.6. The Morgan fingerprint density at radius 3 is 2.57 bits per heavy atom. The fourth-order valence-corrected chi connectivity index (χ4v) is 2.07. The molecule has 1 aromatic heterocycles. The number of benzene rings is 1. The summed E-state index contributed by atoms with van der Waals surface area (Å²) in [6.45, 7) is 0.387. The van der Waals surface area contributed by atoms with Crippen LogP contribution in [-0.4, -0.2) is 30.7 Å². The highest BCUT2D eigenvalue weighted by Crippen LogP contribution is 2.31. The summed E-state index contributed by atoms with van der Waals surface area (Å²) >= 11 is 0. The lowest BCUT2D eigenvalue weighted by Crippen LogP contribution is -2.14. The van der Waals surface area contributed by atoms with E-state index in [1.807, 2.05) is 12.1 Å². The van der Waals surface area contributed by atoms with Gasteiger partial charge < -0.3 is 14.8 Å². The zero-order valence-corrected chi connectivity index (χ0v) is 12.6. The van der Waals surface area contributed by atoms with E-state index < -0.39 is 12.0 Å². The Balaban J connectivity index is 2.03. The fraction of sp³-hybridized carbons (Fsp3) is 0.333. The van der Waals surface area contributed by atoms with Crippen molar-refractivity contribution in [2.24, 2.45) is 0 Å². The van der Waals surface area contributed by atoms with Gasteiger partial charge >= 0.3 is 6.18 Å². The van der Waals surface area contributed by atoms with E-state index in [0.717, 1.165) is 11.8 Å². The maximum Gasteiger partial charge on any atom is 0.451 e. The molecule has 1 N–H and O–H groups in total. The van der Waals surface area contributed by atoms with Crippen LogP contribution in [0.2, 0.25) is 0 Å². The number of anilines is 1. The molecule has 1 heterocycles. The summed E-state index contributed by atoms with van der Waals surface area (Å²) in [7, 11) is 3.08. The molecule has 0 bridgehead atoms. The van der Waals surface area contributed by atoms with Crippen molar-refractivity contribution >= 4 is 5.82 Å². The van der Waals surface area contributed by atoms with E-state index in [0.29, 0.717) is 24.5 Å². The summed E-state index contributed by atoms with van der Waals surface area (Å²) in [5.41, 5.74) is 0.879. The number of nitrogens with one attached hydrogen (secondary N) is 1. The molecule has 0 aliphatic heterocycles. The van der Waals surface area contributed by atoms with Crippen LogP contribution < -0.4 is 14.8 Å². The van der Waals surface area contributed by atoms with Gasteiger partial charge in [-0.05, 0) is 24.1 Å². The molecule has 0 saturated carbocycles. The van der Waals surface area contributed by atoms with Gasteiger partial charge in [0.1, 0.15) is 5.82 Å². The number of methoxy groups -OCH3 is 2. The zero-order chi connectivity index (χ0) is 16.9. The van der Waals surface area contributed by atoms with Crippen LogP contribution in [0.25, 0.3) is 0 Å². The molecular formula is C15H16F3N3O2.